The maximum Gasteiger partial charge on any atom is 0.325 e. The Hall–Kier alpha value is -2.75. The molecule has 0 saturated carbocycles. The number of rotatable bonds is 7. The molecule has 8 nitrogen and oxygen atoms in total. The first-order chi connectivity index (χ1) is 16.7. The van der Waals surface area contributed by atoms with Crippen molar-refractivity contribution in [3.05, 3.63) is 52.7 Å². The highest BCUT2D eigenvalue weighted by Gasteiger charge is 2.53. The highest BCUT2D eigenvalue weighted by molar-refractivity contribution is 7.80. The van der Waals surface area contributed by atoms with Crippen molar-refractivity contribution in [1.82, 2.24) is 15.1 Å². The SMILES string of the molecule is CC(C)(CC(=O)NCC(=O)OC(C)(C)C)CN1C(=O)C2OC3C=C(c4ccc(Cl)cc4)C=C3N2C1=S. The van der Waals surface area contributed by atoms with Crippen LogP contribution in [0.25, 0.3) is 5.57 Å². The molecule has 10 heteroatoms. The maximum atomic E-state index is 13.2. The van der Waals surface area contributed by atoms with E-state index in [9.17, 15) is 14.4 Å². The zero-order valence-electron chi connectivity index (χ0n) is 21.0. The second kappa shape index (κ2) is 9.61. The molecule has 4 rings (SSSR count). The smallest absolute Gasteiger partial charge is 0.325 e. The van der Waals surface area contributed by atoms with Gasteiger partial charge in [-0.25, -0.2) is 0 Å². The predicted octanol–water partition coefficient (Wildman–Crippen LogP) is 3.65. The van der Waals surface area contributed by atoms with Crippen LogP contribution in [-0.2, 0) is 23.9 Å². The number of esters is 1. The van der Waals surface area contributed by atoms with Crippen molar-refractivity contribution < 1.29 is 23.9 Å². The zero-order valence-corrected chi connectivity index (χ0v) is 22.5. The monoisotopic (exact) mass is 531 g/mol. The van der Waals surface area contributed by atoms with E-state index >= 15 is 0 Å². The van der Waals surface area contributed by atoms with Crippen LogP contribution < -0.4 is 5.32 Å². The highest BCUT2D eigenvalue weighted by atomic mass is 35.5. The quantitative estimate of drug-likeness (QED) is 0.424. The Labute approximate surface area is 221 Å². The number of amides is 2. The molecule has 2 atom stereocenters. The van der Waals surface area contributed by atoms with Gasteiger partial charge in [0.2, 0.25) is 12.1 Å². The van der Waals surface area contributed by atoms with Crippen molar-refractivity contribution in [2.45, 2.75) is 59.0 Å². The van der Waals surface area contributed by atoms with Crippen LogP contribution in [0, 0.1) is 5.41 Å². The van der Waals surface area contributed by atoms with Gasteiger partial charge in [-0.1, -0.05) is 37.6 Å². The van der Waals surface area contributed by atoms with Crippen molar-refractivity contribution in [2.75, 3.05) is 13.1 Å². The number of thiocarbonyl (C=S) groups is 1. The average molecular weight is 532 g/mol. The Morgan fingerprint density at radius 1 is 1.17 bits per heavy atom. The molecule has 2 fully saturated rings. The van der Waals surface area contributed by atoms with Gasteiger partial charge in [-0.3, -0.25) is 24.2 Å². The molecule has 192 valence electrons. The van der Waals surface area contributed by atoms with Crippen LogP contribution in [0.3, 0.4) is 0 Å². The lowest BCUT2D eigenvalue weighted by atomic mass is 9.88. The van der Waals surface area contributed by atoms with Gasteiger partial charge in [-0.2, -0.15) is 0 Å². The van der Waals surface area contributed by atoms with Gasteiger partial charge < -0.3 is 14.8 Å². The molecule has 2 amide bonds. The molecule has 1 N–H and O–H groups in total. The van der Waals surface area contributed by atoms with E-state index in [1.54, 1.807) is 25.7 Å². The molecule has 2 heterocycles. The number of hydrogen-bond acceptors (Lipinski definition) is 6. The minimum atomic E-state index is -0.812. The molecule has 1 aromatic carbocycles. The van der Waals surface area contributed by atoms with Gasteiger partial charge in [0, 0.05) is 18.0 Å². The number of carbonyl (C=O) groups is 3. The molecule has 0 spiro atoms. The molecule has 0 bridgehead atoms. The Balaban J connectivity index is 1.37. The van der Waals surface area contributed by atoms with Gasteiger partial charge in [-0.15, -0.1) is 0 Å². The van der Waals surface area contributed by atoms with Crippen LogP contribution in [0.15, 0.2) is 42.1 Å². The first-order valence-corrected chi connectivity index (χ1v) is 12.5. The van der Waals surface area contributed by atoms with Gasteiger partial charge in [0.05, 0.1) is 5.70 Å². The summed E-state index contributed by atoms with van der Waals surface area (Å²) in [6, 6.07) is 7.51. The number of nitrogens with zero attached hydrogens (tertiary/aromatic N) is 2. The summed E-state index contributed by atoms with van der Waals surface area (Å²) < 4.78 is 11.3. The van der Waals surface area contributed by atoms with Crippen molar-refractivity contribution >= 4 is 52.3 Å². The average Bonchev–Trinajstić information content (AvgIpc) is 3.38. The van der Waals surface area contributed by atoms with Gasteiger partial charge in [0.25, 0.3) is 5.91 Å². The second-order valence-corrected chi connectivity index (χ2v) is 11.7. The largest absolute Gasteiger partial charge is 0.459 e. The minimum Gasteiger partial charge on any atom is -0.459 e. The third kappa shape index (κ3) is 5.63. The minimum absolute atomic E-state index is 0.0985. The normalized spacial score (nSPS) is 21.3. The molecule has 1 aliphatic carbocycles. The van der Waals surface area contributed by atoms with Gasteiger partial charge >= 0.3 is 5.97 Å². The molecule has 1 aromatic rings. The number of nitrogens with one attached hydrogen (secondary N) is 1. The number of allylic oxidation sites excluding steroid dienone is 2. The molecule has 0 radical (unpaired) electrons. The Morgan fingerprint density at radius 2 is 1.83 bits per heavy atom. The Kier molecular flexibility index (Phi) is 7.02. The van der Waals surface area contributed by atoms with Crippen LogP contribution in [0.2, 0.25) is 5.02 Å². The summed E-state index contributed by atoms with van der Waals surface area (Å²) in [6.07, 6.45) is 2.88. The molecule has 2 unspecified atom stereocenters. The Bertz CT molecular complexity index is 1170. The standard InChI is InChI=1S/C26H30ClN3O5S/c1-25(2,3)35-21(32)13-28-20(31)12-26(4,5)14-29-22(33)23-30(24(29)36)18-10-16(11-19(18)34-23)15-6-8-17(27)9-7-15/h6-11,19,23H,12-14H2,1-5H3,(H,28,31). The first kappa shape index (κ1) is 26.3. The van der Waals surface area contributed by atoms with Gasteiger partial charge in [-0.05, 0) is 73.8 Å². The van der Waals surface area contributed by atoms with E-state index < -0.39 is 23.2 Å². The van der Waals surface area contributed by atoms with Crippen LogP contribution >= 0.6 is 23.8 Å². The Morgan fingerprint density at radius 3 is 2.47 bits per heavy atom. The van der Waals surface area contributed by atoms with E-state index in [-0.39, 0.29) is 37.4 Å². The second-order valence-electron chi connectivity index (χ2n) is 10.9. The van der Waals surface area contributed by atoms with Crippen molar-refractivity contribution in [3.8, 4) is 0 Å². The highest BCUT2D eigenvalue weighted by Crippen LogP contribution is 2.42. The number of fused-ring (bicyclic) bond motifs is 3. The summed E-state index contributed by atoms with van der Waals surface area (Å²) in [4.78, 5) is 40.8. The van der Waals surface area contributed by atoms with Gasteiger partial charge in [0.1, 0.15) is 18.2 Å². The molecule has 3 aliphatic rings. The van der Waals surface area contributed by atoms with Crippen molar-refractivity contribution in [2.24, 2.45) is 5.41 Å². The van der Waals surface area contributed by atoms with E-state index in [4.69, 9.17) is 33.3 Å². The molecule has 2 saturated heterocycles. The number of carbonyl (C=O) groups excluding carboxylic acids is 3. The van der Waals surface area contributed by atoms with Crippen LogP contribution in [0.1, 0.15) is 46.6 Å². The number of halogens is 1. The lowest BCUT2D eigenvalue weighted by molar-refractivity contribution is -0.154. The number of ether oxygens (including phenoxy) is 2. The topological polar surface area (TPSA) is 88.2 Å². The predicted molar refractivity (Wildman–Crippen MR) is 140 cm³/mol. The fourth-order valence-electron chi connectivity index (χ4n) is 4.42. The summed E-state index contributed by atoms with van der Waals surface area (Å²) in [7, 11) is 0. The lowest BCUT2D eigenvalue weighted by Crippen LogP contribution is -2.43. The summed E-state index contributed by atoms with van der Waals surface area (Å²) in [5.41, 5.74) is 1.56. The molecule has 36 heavy (non-hydrogen) atoms. The van der Waals surface area contributed by atoms with Crippen molar-refractivity contribution in [3.63, 3.8) is 0 Å². The van der Waals surface area contributed by atoms with E-state index in [2.05, 4.69) is 5.32 Å². The van der Waals surface area contributed by atoms with Crippen molar-refractivity contribution in [1.29, 1.82) is 0 Å². The fourth-order valence-corrected chi connectivity index (χ4v) is 4.90. The molecular formula is C26H30ClN3O5S. The van der Waals surface area contributed by atoms with E-state index in [1.165, 1.54) is 4.90 Å². The van der Waals surface area contributed by atoms with E-state index in [1.807, 2.05) is 50.3 Å². The summed E-state index contributed by atoms with van der Waals surface area (Å²) in [6.45, 7) is 9.06. The van der Waals surface area contributed by atoms with Crippen LogP contribution in [0.5, 0.6) is 0 Å². The molecule has 2 aliphatic heterocycles. The fraction of sp³-hybridized carbons (Fsp3) is 0.462. The molecule has 0 aromatic heterocycles. The zero-order chi connectivity index (χ0) is 26.4. The van der Waals surface area contributed by atoms with E-state index in [0.717, 1.165) is 16.8 Å². The summed E-state index contributed by atoms with van der Waals surface area (Å²) in [5.74, 6) is -1.07. The molecular weight excluding hydrogens is 502 g/mol. The summed E-state index contributed by atoms with van der Waals surface area (Å²) >= 11 is 11.7. The van der Waals surface area contributed by atoms with Crippen LogP contribution in [0.4, 0.5) is 0 Å². The first-order valence-electron chi connectivity index (χ1n) is 11.7. The van der Waals surface area contributed by atoms with Crippen LogP contribution in [-0.4, -0.2) is 63.7 Å². The third-order valence-electron chi connectivity index (χ3n) is 5.88. The number of benzene rings is 1. The van der Waals surface area contributed by atoms with E-state index in [0.29, 0.717) is 10.1 Å². The maximum absolute atomic E-state index is 13.2. The summed E-state index contributed by atoms with van der Waals surface area (Å²) in [5, 5.41) is 3.60. The third-order valence-corrected chi connectivity index (χ3v) is 6.55. The van der Waals surface area contributed by atoms with Gasteiger partial charge in [0.15, 0.2) is 5.11 Å². The number of hydrogen-bond donors (Lipinski definition) is 1. The lowest BCUT2D eigenvalue weighted by Gasteiger charge is -2.30.